The van der Waals surface area contributed by atoms with Crippen molar-refractivity contribution in [2.45, 2.75) is 51.2 Å². The Balaban J connectivity index is 2.62. The van der Waals surface area contributed by atoms with Crippen molar-refractivity contribution in [2.24, 2.45) is 5.41 Å². The standard InChI is InChI=1S/C12H19F3N2O3/c1-10(5-3-4-6-10)7-16-9(20)17-11(2,8(18)19)12(13,14)15/h3-7H2,1-2H3,(H,18,19)(H2,16,17,20). The normalized spacial score (nSPS) is 21.1. The average Bonchev–Trinajstić information content (AvgIpc) is 2.72. The highest BCUT2D eigenvalue weighted by molar-refractivity contribution is 5.86. The highest BCUT2D eigenvalue weighted by Crippen LogP contribution is 2.36. The molecule has 1 rings (SSSR count). The third-order valence-electron chi connectivity index (χ3n) is 3.84. The van der Waals surface area contributed by atoms with Crippen molar-refractivity contribution in [3.63, 3.8) is 0 Å². The Kier molecular flexibility index (Phi) is 4.55. The molecule has 0 aromatic heterocycles. The van der Waals surface area contributed by atoms with E-state index in [-0.39, 0.29) is 12.0 Å². The molecule has 0 aromatic carbocycles. The Bertz CT molecular complexity index is 392. The van der Waals surface area contributed by atoms with Crippen LogP contribution in [0.4, 0.5) is 18.0 Å². The number of carboxylic acids is 1. The zero-order chi connectivity index (χ0) is 15.6. The summed E-state index contributed by atoms with van der Waals surface area (Å²) >= 11 is 0. The average molecular weight is 296 g/mol. The summed E-state index contributed by atoms with van der Waals surface area (Å²) in [4.78, 5) is 22.3. The number of nitrogens with one attached hydrogen (secondary N) is 2. The van der Waals surface area contributed by atoms with Gasteiger partial charge in [0, 0.05) is 6.54 Å². The molecule has 0 radical (unpaired) electrons. The van der Waals surface area contributed by atoms with Crippen LogP contribution in [0.15, 0.2) is 0 Å². The molecule has 1 aliphatic rings. The van der Waals surface area contributed by atoms with Gasteiger partial charge < -0.3 is 15.7 Å². The van der Waals surface area contributed by atoms with Gasteiger partial charge in [0.2, 0.25) is 5.54 Å². The first-order valence-electron chi connectivity index (χ1n) is 6.36. The zero-order valence-corrected chi connectivity index (χ0v) is 11.4. The highest BCUT2D eigenvalue weighted by Gasteiger charge is 2.58. The summed E-state index contributed by atoms with van der Waals surface area (Å²) in [6.07, 6.45) is -1.25. The highest BCUT2D eigenvalue weighted by atomic mass is 19.4. The molecule has 8 heteroatoms. The van der Waals surface area contributed by atoms with Crippen molar-refractivity contribution in [2.75, 3.05) is 6.54 Å². The maximum Gasteiger partial charge on any atom is 0.422 e. The Morgan fingerprint density at radius 2 is 1.75 bits per heavy atom. The van der Waals surface area contributed by atoms with Crippen LogP contribution in [0.3, 0.4) is 0 Å². The van der Waals surface area contributed by atoms with E-state index in [4.69, 9.17) is 5.11 Å². The van der Waals surface area contributed by atoms with Crippen LogP contribution in [0, 0.1) is 5.41 Å². The Labute approximate surface area is 114 Å². The van der Waals surface area contributed by atoms with Gasteiger partial charge >= 0.3 is 18.2 Å². The van der Waals surface area contributed by atoms with Crippen LogP contribution in [0.25, 0.3) is 0 Å². The van der Waals surface area contributed by atoms with Crippen molar-refractivity contribution in [3.8, 4) is 0 Å². The van der Waals surface area contributed by atoms with Crippen molar-refractivity contribution < 1.29 is 27.9 Å². The molecular weight excluding hydrogens is 277 g/mol. The third-order valence-corrected chi connectivity index (χ3v) is 3.84. The lowest BCUT2D eigenvalue weighted by Gasteiger charge is -2.30. The first-order valence-corrected chi connectivity index (χ1v) is 6.36. The lowest BCUT2D eigenvalue weighted by atomic mass is 9.89. The predicted molar refractivity (Wildman–Crippen MR) is 65.2 cm³/mol. The number of carboxylic acid groups (broad SMARTS) is 1. The van der Waals surface area contributed by atoms with E-state index in [0.29, 0.717) is 6.92 Å². The van der Waals surface area contributed by atoms with Crippen LogP contribution in [0.2, 0.25) is 0 Å². The maximum absolute atomic E-state index is 12.7. The smallest absolute Gasteiger partial charge is 0.422 e. The van der Waals surface area contributed by atoms with Crippen LogP contribution < -0.4 is 10.6 Å². The zero-order valence-electron chi connectivity index (χ0n) is 11.4. The summed E-state index contributed by atoms with van der Waals surface area (Å²) in [6.45, 7) is 2.60. The molecular formula is C12H19F3N2O3. The minimum Gasteiger partial charge on any atom is -0.479 e. The quantitative estimate of drug-likeness (QED) is 0.744. The molecule has 1 unspecified atom stereocenters. The van der Waals surface area contributed by atoms with Crippen molar-refractivity contribution in [3.05, 3.63) is 0 Å². The summed E-state index contributed by atoms with van der Waals surface area (Å²) in [6, 6.07) is -1.12. The minimum absolute atomic E-state index is 0.130. The minimum atomic E-state index is -5.08. The Morgan fingerprint density at radius 3 is 2.15 bits per heavy atom. The summed E-state index contributed by atoms with van der Waals surface area (Å²) in [5.41, 5.74) is -3.43. The van der Waals surface area contributed by atoms with Crippen molar-refractivity contribution in [1.82, 2.24) is 10.6 Å². The number of aliphatic carboxylic acids is 1. The van der Waals surface area contributed by atoms with Crippen LogP contribution >= 0.6 is 0 Å². The van der Waals surface area contributed by atoms with Crippen molar-refractivity contribution >= 4 is 12.0 Å². The fraction of sp³-hybridized carbons (Fsp3) is 0.833. The molecule has 0 aromatic rings. The lowest BCUT2D eigenvalue weighted by Crippen LogP contribution is -2.64. The van der Waals surface area contributed by atoms with E-state index in [1.54, 1.807) is 0 Å². The van der Waals surface area contributed by atoms with E-state index in [9.17, 15) is 22.8 Å². The molecule has 1 saturated carbocycles. The number of halogens is 3. The predicted octanol–water partition coefficient (Wildman–Crippen LogP) is 2.27. The van der Waals surface area contributed by atoms with Gasteiger partial charge in [-0.1, -0.05) is 19.8 Å². The number of carbonyl (C=O) groups excluding carboxylic acids is 1. The molecule has 0 heterocycles. The molecule has 1 fully saturated rings. The molecule has 0 saturated heterocycles. The number of hydrogen-bond acceptors (Lipinski definition) is 2. The maximum atomic E-state index is 12.7. The first-order chi connectivity index (χ1) is 9.00. The van der Waals surface area contributed by atoms with E-state index in [1.165, 1.54) is 5.32 Å². The van der Waals surface area contributed by atoms with Gasteiger partial charge in [0.25, 0.3) is 0 Å². The number of rotatable bonds is 4. The molecule has 116 valence electrons. The second kappa shape index (κ2) is 5.49. The fourth-order valence-corrected chi connectivity index (χ4v) is 2.22. The summed E-state index contributed by atoms with van der Waals surface area (Å²) in [5, 5.41) is 12.5. The van der Waals surface area contributed by atoms with Crippen molar-refractivity contribution in [1.29, 1.82) is 0 Å². The Morgan fingerprint density at radius 1 is 1.25 bits per heavy atom. The monoisotopic (exact) mass is 296 g/mol. The summed E-state index contributed by atoms with van der Waals surface area (Å²) < 4.78 is 38.1. The second-order valence-electron chi connectivity index (χ2n) is 5.75. The summed E-state index contributed by atoms with van der Waals surface area (Å²) in [7, 11) is 0. The molecule has 1 aliphatic carbocycles. The van der Waals surface area contributed by atoms with E-state index in [2.05, 4.69) is 5.32 Å². The van der Waals surface area contributed by atoms with Gasteiger partial charge in [-0.05, 0) is 25.2 Å². The van der Waals surface area contributed by atoms with Crippen LogP contribution in [0.1, 0.15) is 39.5 Å². The van der Waals surface area contributed by atoms with E-state index in [1.807, 2.05) is 6.92 Å². The largest absolute Gasteiger partial charge is 0.479 e. The molecule has 20 heavy (non-hydrogen) atoms. The van der Waals surface area contributed by atoms with Crippen LogP contribution in [0.5, 0.6) is 0 Å². The molecule has 1 atom stereocenters. The fourth-order valence-electron chi connectivity index (χ4n) is 2.22. The van der Waals surface area contributed by atoms with E-state index >= 15 is 0 Å². The molecule has 3 N–H and O–H groups in total. The summed E-state index contributed by atoms with van der Waals surface area (Å²) in [5.74, 6) is -2.15. The number of urea groups is 1. The number of amides is 2. The SMILES string of the molecule is CC1(CNC(=O)NC(C)(C(=O)O)C(F)(F)F)CCCC1. The van der Waals surface area contributed by atoms with E-state index in [0.717, 1.165) is 25.7 Å². The third kappa shape index (κ3) is 3.55. The van der Waals surface area contributed by atoms with Gasteiger partial charge in [0.05, 0.1) is 0 Å². The molecule has 5 nitrogen and oxygen atoms in total. The van der Waals surface area contributed by atoms with Gasteiger partial charge in [-0.25, -0.2) is 9.59 Å². The first kappa shape index (κ1) is 16.6. The van der Waals surface area contributed by atoms with Crippen LogP contribution in [-0.4, -0.2) is 35.4 Å². The van der Waals surface area contributed by atoms with Gasteiger partial charge in [0.1, 0.15) is 0 Å². The van der Waals surface area contributed by atoms with Gasteiger partial charge in [-0.3, -0.25) is 0 Å². The van der Waals surface area contributed by atoms with E-state index < -0.39 is 23.7 Å². The molecule has 0 spiro atoms. The van der Waals surface area contributed by atoms with Gasteiger partial charge in [-0.2, -0.15) is 13.2 Å². The Hall–Kier alpha value is -1.47. The number of carbonyl (C=O) groups is 2. The molecule has 0 aliphatic heterocycles. The van der Waals surface area contributed by atoms with Gasteiger partial charge in [-0.15, -0.1) is 0 Å². The number of alkyl halides is 3. The topological polar surface area (TPSA) is 78.4 Å². The van der Waals surface area contributed by atoms with Crippen LogP contribution in [-0.2, 0) is 4.79 Å². The molecule has 0 bridgehead atoms. The molecule has 2 amide bonds. The second-order valence-corrected chi connectivity index (χ2v) is 5.75. The number of hydrogen-bond donors (Lipinski definition) is 3. The lowest BCUT2D eigenvalue weighted by molar-refractivity contribution is -0.203. The van der Waals surface area contributed by atoms with Gasteiger partial charge in [0.15, 0.2) is 0 Å².